The SMILES string of the molecule is COC(=O)c1cccc(NS(=O)(=O)c2ccc(Cl)cc2)c1C. The number of benzene rings is 2. The first-order valence-electron chi connectivity index (χ1n) is 6.31. The highest BCUT2D eigenvalue weighted by atomic mass is 35.5. The van der Waals surface area contributed by atoms with Gasteiger partial charge in [0.15, 0.2) is 0 Å². The number of ether oxygens (including phenoxy) is 1. The number of hydrogen-bond acceptors (Lipinski definition) is 4. The van der Waals surface area contributed by atoms with Crippen molar-refractivity contribution in [3.05, 3.63) is 58.6 Å². The van der Waals surface area contributed by atoms with Gasteiger partial charge >= 0.3 is 5.97 Å². The molecule has 2 rings (SSSR count). The van der Waals surface area contributed by atoms with Crippen LogP contribution in [0, 0.1) is 6.92 Å². The second-order valence-corrected chi connectivity index (χ2v) is 6.65. The van der Waals surface area contributed by atoms with E-state index in [9.17, 15) is 13.2 Å². The lowest BCUT2D eigenvalue weighted by Gasteiger charge is -2.13. The number of sulfonamides is 1. The van der Waals surface area contributed by atoms with Crippen LogP contribution in [-0.2, 0) is 14.8 Å². The summed E-state index contributed by atoms with van der Waals surface area (Å²) in [5, 5.41) is 0.447. The lowest BCUT2D eigenvalue weighted by Crippen LogP contribution is -2.15. The van der Waals surface area contributed by atoms with Crippen LogP contribution in [0.2, 0.25) is 5.02 Å². The number of methoxy groups -OCH3 is 1. The van der Waals surface area contributed by atoms with Crippen LogP contribution in [0.3, 0.4) is 0 Å². The minimum atomic E-state index is -3.76. The fourth-order valence-corrected chi connectivity index (χ4v) is 3.14. The molecule has 0 bridgehead atoms. The largest absolute Gasteiger partial charge is 0.465 e. The third kappa shape index (κ3) is 3.40. The van der Waals surface area contributed by atoms with Crippen LogP contribution >= 0.6 is 11.6 Å². The minimum absolute atomic E-state index is 0.0831. The Balaban J connectivity index is 2.38. The Bertz CT molecular complexity index is 801. The first-order chi connectivity index (χ1) is 10.3. The second-order valence-electron chi connectivity index (χ2n) is 4.53. The first kappa shape index (κ1) is 16.3. The molecule has 0 fully saturated rings. The van der Waals surface area contributed by atoms with E-state index in [1.54, 1.807) is 25.1 Å². The van der Waals surface area contributed by atoms with Crippen molar-refractivity contribution in [1.29, 1.82) is 0 Å². The number of carbonyl (C=O) groups excluding carboxylic acids is 1. The lowest BCUT2D eigenvalue weighted by atomic mass is 10.1. The van der Waals surface area contributed by atoms with E-state index in [1.165, 1.54) is 31.4 Å². The van der Waals surface area contributed by atoms with Gasteiger partial charge in [0, 0.05) is 5.02 Å². The average molecular weight is 340 g/mol. The van der Waals surface area contributed by atoms with Crippen LogP contribution in [0.15, 0.2) is 47.4 Å². The van der Waals surface area contributed by atoms with E-state index >= 15 is 0 Å². The zero-order valence-corrected chi connectivity index (χ0v) is 13.5. The van der Waals surface area contributed by atoms with Gasteiger partial charge in [-0.05, 0) is 48.9 Å². The van der Waals surface area contributed by atoms with Crippen LogP contribution in [0.5, 0.6) is 0 Å². The van der Waals surface area contributed by atoms with Gasteiger partial charge in [-0.15, -0.1) is 0 Å². The maximum absolute atomic E-state index is 12.3. The minimum Gasteiger partial charge on any atom is -0.465 e. The van der Waals surface area contributed by atoms with Crippen molar-refractivity contribution in [1.82, 2.24) is 0 Å². The molecule has 0 radical (unpaired) electrons. The molecule has 0 atom stereocenters. The van der Waals surface area contributed by atoms with E-state index in [0.717, 1.165) is 0 Å². The standard InChI is InChI=1S/C15H14ClNO4S/c1-10-13(15(18)21-2)4-3-5-14(10)17-22(19,20)12-8-6-11(16)7-9-12/h3-9,17H,1-2H3. The van der Waals surface area contributed by atoms with Crippen molar-refractivity contribution >= 4 is 33.3 Å². The van der Waals surface area contributed by atoms with Gasteiger partial charge in [-0.3, -0.25) is 4.72 Å². The summed E-state index contributed by atoms with van der Waals surface area (Å²) in [5.41, 5.74) is 1.11. The third-order valence-electron chi connectivity index (χ3n) is 3.11. The number of carbonyl (C=O) groups is 1. The van der Waals surface area contributed by atoms with Crippen molar-refractivity contribution in [3.63, 3.8) is 0 Å². The quantitative estimate of drug-likeness (QED) is 0.868. The molecular weight excluding hydrogens is 326 g/mol. The predicted molar refractivity (Wildman–Crippen MR) is 84.8 cm³/mol. The van der Waals surface area contributed by atoms with Gasteiger partial charge in [-0.2, -0.15) is 0 Å². The number of anilines is 1. The normalized spacial score (nSPS) is 11.0. The highest BCUT2D eigenvalue weighted by Gasteiger charge is 2.18. The van der Waals surface area contributed by atoms with Gasteiger partial charge in [0.1, 0.15) is 0 Å². The summed E-state index contributed by atoms with van der Waals surface area (Å²) in [7, 11) is -2.49. The summed E-state index contributed by atoms with van der Waals surface area (Å²) >= 11 is 5.75. The Kier molecular flexibility index (Phi) is 4.73. The maximum Gasteiger partial charge on any atom is 0.338 e. The van der Waals surface area contributed by atoms with Crippen molar-refractivity contribution < 1.29 is 17.9 Å². The molecule has 0 aliphatic carbocycles. The molecular formula is C15H14ClNO4S. The average Bonchev–Trinajstić information content (AvgIpc) is 2.49. The van der Waals surface area contributed by atoms with E-state index in [2.05, 4.69) is 9.46 Å². The molecule has 7 heteroatoms. The Labute approximate surface area is 133 Å². The van der Waals surface area contributed by atoms with Gasteiger partial charge in [0.2, 0.25) is 0 Å². The van der Waals surface area contributed by atoms with Crippen LogP contribution < -0.4 is 4.72 Å². The highest BCUT2D eigenvalue weighted by molar-refractivity contribution is 7.92. The summed E-state index contributed by atoms with van der Waals surface area (Å²) in [4.78, 5) is 11.7. The molecule has 1 N–H and O–H groups in total. The number of halogens is 1. The number of rotatable bonds is 4. The number of esters is 1. The van der Waals surface area contributed by atoms with Crippen molar-refractivity contribution in [2.24, 2.45) is 0 Å². The molecule has 0 spiro atoms. The monoisotopic (exact) mass is 339 g/mol. The van der Waals surface area contributed by atoms with E-state index in [-0.39, 0.29) is 4.90 Å². The maximum atomic E-state index is 12.3. The number of hydrogen-bond donors (Lipinski definition) is 1. The van der Waals surface area contributed by atoms with Gasteiger partial charge < -0.3 is 4.74 Å². The molecule has 116 valence electrons. The molecule has 0 amide bonds. The zero-order valence-electron chi connectivity index (χ0n) is 12.0. The molecule has 22 heavy (non-hydrogen) atoms. The van der Waals surface area contributed by atoms with E-state index in [0.29, 0.717) is 21.8 Å². The van der Waals surface area contributed by atoms with Gasteiger partial charge in [-0.25, -0.2) is 13.2 Å². The topological polar surface area (TPSA) is 72.5 Å². The van der Waals surface area contributed by atoms with Gasteiger partial charge in [0.05, 0.1) is 23.3 Å². The fourth-order valence-electron chi connectivity index (χ4n) is 1.89. The molecule has 0 saturated carbocycles. The van der Waals surface area contributed by atoms with E-state index in [4.69, 9.17) is 11.6 Å². The summed E-state index contributed by atoms with van der Waals surface area (Å²) in [5.74, 6) is -0.523. The molecule has 0 saturated heterocycles. The zero-order chi connectivity index (χ0) is 16.3. The van der Waals surface area contributed by atoms with E-state index < -0.39 is 16.0 Å². The third-order valence-corrected chi connectivity index (χ3v) is 4.74. The Morgan fingerprint density at radius 2 is 1.77 bits per heavy atom. The molecule has 0 heterocycles. The van der Waals surface area contributed by atoms with E-state index in [1.807, 2.05) is 0 Å². The van der Waals surface area contributed by atoms with Gasteiger partial charge in [-0.1, -0.05) is 17.7 Å². The first-order valence-corrected chi connectivity index (χ1v) is 8.17. The van der Waals surface area contributed by atoms with Crippen molar-refractivity contribution in [3.8, 4) is 0 Å². The van der Waals surface area contributed by atoms with Crippen LogP contribution in [-0.4, -0.2) is 21.5 Å². The highest BCUT2D eigenvalue weighted by Crippen LogP contribution is 2.23. The molecule has 0 aliphatic rings. The molecule has 2 aromatic rings. The van der Waals surface area contributed by atoms with Crippen LogP contribution in [0.4, 0.5) is 5.69 Å². The van der Waals surface area contributed by atoms with Crippen LogP contribution in [0.25, 0.3) is 0 Å². The summed E-state index contributed by atoms with van der Waals surface area (Å²) in [6.45, 7) is 1.64. The molecule has 0 aromatic heterocycles. The molecule has 0 unspecified atom stereocenters. The number of nitrogens with one attached hydrogen (secondary N) is 1. The summed E-state index contributed by atoms with van der Waals surface area (Å²) in [6.07, 6.45) is 0. The lowest BCUT2D eigenvalue weighted by molar-refractivity contribution is 0.0600. The van der Waals surface area contributed by atoms with Crippen molar-refractivity contribution in [2.45, 2.75) is 11.8 Å². The fraction of sp³-hybridized carbons (Fsp3) is 0.133. The summed E-state index contributed by atoms with van der Waals surface area (Å²) in [6, 6.07) is 10.5. The Hall–Kier alpha value is -2.05. The van der Waals surface area contributed by atoms with Crippen LogP contribution in [0.1, 0.15) is 15.9 Å². The molecule has 2 aromatic carbocycles. The molecule has 5 nitrogen and oxygen atoms in total. The summed E-state index contributed by atoms with van der Waals surface area (Å²) < 4.78 is 31.8. The second kappa shape index (κ2) is 6.37. The molecule has 0 aliphatic heterocycles. The Morgan fingerprint density at radius 1 is 1.14 bits per heavy atom. The predicted octanol–water partition coefficient (Wildman–Crippen LogP) is 3.24. The van der Waals surface area contributed by atoms with Crippen molar-refractivity contribution in [2.75, 3.05) is 11.8 Å². The van der Waals surface area contributed by atoms with Gasteiger partial charge in [0.25, 0.3) is 10.0 Å². The smallest absolute Gasteiger partial charge is 0.338 e. The Morgan fingerprint density at radius 3 is 2.36 bits per heavy atom.